The van der Waals surface area contributed by atoms with E-state index in [9.17, 15) is 4.79 Å². The third-order valence-electron chi connectivity index (χ3n) is 5.88. The lowest BCUT2D eigenvalue weighted by Gasteiger charge is -2.10. The van der Waals surface area contributed by atoms with Crippen LogP contribution in [0.2, 0.25) is 0 Å². The highest BCUT2D eigenvalue weighted by atomic mass is 16.5. The molecular weight excluding hydrogens is 416 g/mol. The highest BCUT2D eigenvalue weighted by molar-refractivity contribution is 5.98. The van der Waals surface area contributed by atoms with Gasteiger partial charge in [0.15, 0.2) is 5.65 Å². The van der Waals surface area contributed by atoms with Crippen molar-refractivity contribution in [3.8, 4) is 17.0 Å². The van der Waals surface area contributed by atoms with Gasteiger partial charge in [-0.2, -0.15) is 5.10 Å². The topological polar surface area (TPSA) is 108 Å². The van der Waals surface area contributed by atoms with Crippen LogP contribution in [0.15, 0.2) is 67.0 Å². The monoisotopic (exact) mass is 440 g/mol. The van der Waals surface area contributed by atoms with Gasteiger partial charge in [0.05, 0.1) is 24.1 Å². The fourth-order valence-electron chi connectivity index (χ4n) is 4.14. The van der Waals surface area contributed by atoms with Crippen LogP contribution >= 0.6 is 0 Å². The molecule has 0 fully saturated rings. The van der Waals surface area contributed by atoms with Crippen molar-refractivity contribution in [2.75, 3.05) is 12.8 Å². The molecule has 0 unspecified atom stereocenters. The largest absolute Gasteiger partial charge is 0.496 e. The van der Waals surface area contributed by atoms with Gasteiger partial charge in [0.2, 0.25) is 0 Å². The molecule has 2 heterocycles. The summed E-state index contributed by atoms with van der Waals surface area (Å²) in [5, 5.41) is 8.58. The predicted molar refractivity (Wildman–Crippen MR) is 127 cm³/mol. The summed E-state index contributed by atoms with van der Waals surface area (Å²) in [6.07, 6.45) is 7.65. The number of para-hydroxylation sites is 1. The normalized spacial score (nSPS) is 13.5. The molecule has 166 valence electrons. The molecule has 5 rings (SSSR count). The van der Waals surface area contributed by atoms with Gasteiger partial charge in [-0.1, -0.05) is 48.6 Å². The van der Waals surface area contributed by atoms with Crippen LogP contribution in [0, 0.1) is 0 Å². The van der Waals surface area contributed by atoms with E-state index >= 15 is 0 Å². The molecule has 1 aliphatic carbocycles. The molecule has 0 bridgehead atoms. The minimum atomic E-state index is -0.184. The fraction of sp³-hybridized carbons (Fsp3) is 0.200. The van der Waals surface area contributed by atoms with Gasteiger partial charge < -0.3 is 15.8 Å². The van der Waals surface area contributed by atoms with Gasteiger partial charge in [0, 0.05) is 12.1 Å². The molecule has 2 aromatic heterocycles. The summed E-state index contributed by atoms with van der Waals surface area (Å²) in [5.41, 5.74) is 10.1. The van der Waals surface area contributed by atoms with Gasteiger partial charge in [0.25, 0.3) is 5.91 Å². The van der Waals surface area contributed by atoms with Crippen LogP contribution in [0.5, 0.6) is 5.75 Å². The van der Waals surface area contributed by atoms with E-state index in [1.165, 1.54) is 6.33 Å². The van der Waals surface area contributed by atoms with Gasteiger partial charge in [-0.25, -0.2) is 14.6 Å². The van der Waals surface area contributed by atoms with Crippen molar-refractivity contribution in [3.05, 3.63) is 78.1 Å². The number of nitrogen functional groups attached to an aromatic ring is 1. The Balaban J connectivity index is 1.38. The van der Waals surface area contributed by atoms with Crippen LogP contribution in [0.3, 0.4) is 0 Å². The maximum atomic E-state index is 12.6. The van der Waals surface area contributed by atoms with Crippen molar-refractivity contribution in [1.82, 2.24) is 25.1 Å². The minimum absolute atomic E-state index is 0.184. The van der Waals surface area contributed by atoms with Crippen molar-refractivity contribution >= 4 is 22.8 Å². The Kier molecular flexibility index (Phi) is 5.48. The Morgan fingerprint density at radius 2 is 1.88 bits per heavy atom. The van der Waals surface area contributed by atoms with Crippen LogP contribution in [-0.2, 0) is 6.54 Å². The number of benzene rings is 2. The highest BCUT2D eigenvalue weighted by Crippen LogP contribution is 2.34. The highest BCUT2D eigenvalue weighted by Gasteiger charge is 2.22. The van der Waals surface area contributed by atoms with E-state index in [1.807, 2.05) is 41.1 Å². The minimum Gasteiger partial charge on any atom is -0.496 e. The molecule has 1 amide bonds. The quantitative estimate of drug-likeness (QED) is 0.440. The standard InChI is InChI=1S/C25H24N6O2/c1-33-20-9-5-4-8-19(20)25(32)27-14-16-10-12-17(13-11-16)22-21-23(26)28-15-29-24(21)31(30-22)18-6-2-3-7-18/h2-5,8-13,15,18H,6-7,14H2,1H3,(H,27,32)(H2,26,28,29). The molecule has 3 N–H and O–H groups in total. The van der Waals surface area contributed by atoms with Crippen LogP contribution < -0.4 is 15.8 Å². The van der Waals surface area contributed by atoms with Crippen molar-refractivity contribution in [1.29, 1.82) is 0 Å². The molecule has 0 aliphatic heterocycles. The zero-order valence-electron chi connectivity index (χ0n) is 18.2. The van der Waals surface area contributed by atoms with Gasteiger partial charge in [-0.3, -0.25) is 4.79 Å². The Hall–Kier alpha value is -4.20. The Morgan fingerprint density at radius 3 is 2.64 bits per heavy atom. The maximum absolute atomic E-state index is 12.6. The lowest BCUT2D eigenvalue weighted by atomic mass is 10.1. The molecule has 33 heavy (non-hydrogen) atoms. The first-order valence-electron chi connectivity index (χ1n) is 10.8. The average Bonchev–Trinajstić information content (AvgIpc) is 3.51. The van der Waals surface area contributed by atoms with E-state index < -0.39 is 0 Å². The number of nitrogens with two attached hydrogens (primary N) is 1. The summed E-state index contributed by atoms with van der Waals surface area (Å²) in [5.74, 6) is 0.779. The molecular formula is C25H24N6O2. The van der Waals surface area contributed by atoms with Gasteiger partial charge in [-0.15, -0.1) is 0 Å². The van der Waals surface area contributed by atoms with E-state index in [0.29, 0.717) is 23.7 Å². The predicted octanol–water partition coefficient (Wildman–Crippen LogP) is 3.91. The molecule has 0 saturated carbocycles. The van der Waals surface area contributed by atoms with Crippen LogP contribution in [0.1, 0.15) is 34.8 Å². The zero-order chi connectivity index (χ0) is 22.8. The van der Waals surface area contributed by atoms with Gasteiger partial charge in [0.1, 0.15) is 23.6 Å². The first-order chi connectivity index (χ1) is 16.2. The van der Waals surface area contributed by atoms with Gasteiger partial charge in [-0.05, 0) is 30.5 Å². The number of amides is 1. The zero-order valence-corrected chi connectivity index (χ0v) is 18.2. The number of aromatic nitrogens is 4. The molecule has 8 heteroatoms. The number of hydrogen-bond donors (Lipinski definition) is 2. The smallest absolute Gasteiger partial charge is 0.255 e. The molecule has 8 nitrogen and oxygen atoms in total. The maximum Gasteiger partial charge on any atom is 0.255 e. The number of rotatable bonds is 6. The number of methoxy groups -OCH3 is 1. The van der Waals surface area contributed by atoms with E-state index in [1.54, 1.807) is 19.2 Å². The number of hydrogen-bond acceptors (Lipinski definition) is 6. The summed E-state index contributed by atoms with van der Waals surface area (Å²) >= 11 is 0. The molecule has 0 saturated heterocycles. The second-order valence-corrected chi connectivity index (χ2v) is 7.93. The van der Waals surface area contributed by atoms with Crippen LogP contribution in [0.4, 0.5) is 5.82 Å². The summed E-state index contributed by atoms with van der Waals surface area (Å²) in [6.45, 7) is 0.394. The second-order valence-electron chi connectivity index (χ2n) is 7.93. The fourth-order valence-corrected chi connectivity index (χ4v) is 4.14. The number of anilines is 1. The third-order valence-corrected chi connectivity index (χ3v) is 5.88. The number of fused-ring (bicyclic) bond motifs is 1. The summed E-state index contributed by atoms with van der Waals surface area (Å²) in [7, 11) is 1.55. The number of ether oxygens (including phenoxy) is 1. The molecule has 1 aliphatic rings. The van der Waals surface area contributed by atoms with Crippen molar-refractivity contribution in [2.45, 2.75) is 25.4 Å². The van der Waals surface area contributed by atoms with Crippen molar-refractivity contribution < 1.29 is 9.53 Å². The molecule has 0 spiro atoms. The van der Waals surface area contributed by atoms with Crippen LogP contribution in [0.25, 0.3) is 22.3 Å². The SMILES string of the molecule is COc1ccccc1C(=O)NCc1ccc(-c2nn(C3CC=CC3)c3ncnc(N)c23)cc1. The summed E-state index contributed by atoms with van der Waals surface area (Å²) in [4.78, 5) is 21.2. The number of carbonyl (C=O) groups excluding carboxylic acids is 1. The van der Waals surface area contributed by atoms with E-state index in [2.05, 4.69) is 27.4 Å². The summed E-state index contributed by atoms with van der Waals surface area (Å²) < 4.78 is 7.24. The Bertz CT molecular complexity index is 1340. The molecule has 0 radical (unpaired) electrons. The number of nitrogens with one attached hydrogen (secondary N) is 1. The van der Waals surface area contributed by atoms with E-state index in [0.717, 1.165) is 40.7 Å². The molecule has 0 atom stereocenters. The second kappa shape index (κ2) is 8.74. The summed E-state index contributed by atoms with van der Waals surface area (Å²) in [6, 6.07) is 15.3. The number of nitrogens with zero attached hydrogens (tertiary/aromatic N) is 4. The van der Waals surface area contributed by atoms with Crippen LogP contribution in [-0.4, -0.2) is 32.8 Å². The molecule has 4 aromatic rings. The first-order valence-corrected chi connectivity index (χ1v) is 10.8. The molecule has 2 aromatic carbocycles. The third kappa shape index (κ3) is 3.91. The van der Waals surface area contributed by atoms with Gasteiger partial charge >= 0.3 is 0 Å². The lowest BCUT2D eigenvalue weighted by molar-refractivity contribution is 0.0948. The van der Waals surface area contributed by atoms with Crippen molar-refractivity contribution in [2.24, 2.45) is 0 Å². The number of allylic oxidation sites excluding steroid dienone is 2. The van der Waals surface area contributed by atoms with E-state index in [4.69, 9.17) is 15.6 Å². The Morgan fingerprint density at radius 1 is 1.12 bits per heavy atom. The lowest BCUT2D eigenvalue weighted by Crippen LogP contribution is -2.23. The van der Waals surface area contributed by atoms with E-state index in [-0.39, 0.29) is 11.9 Å². The van der Waals surface area contributed by atoms with Crippen molar-refractivity contribution in [3.63, 3.8) is 0 Å². The Labute approximate surface area is 191 Å². The first kappa shape index (κ1) is 20.7. The number of carbonyl (C=O) groups is 1. The average molecular weight is 441 g/mol.